The summed E-state index contributed by atoms with van der Waals surface area (Å²) in [6.07, 6.45) is 3.05. The summed E-state index contributed by atoms with van der Waals surface area (Å²) in [4.78, 5) is 0. The number of rotatable bonds is 5. The van der Waals surface area contributed by atoms with Crippen LogP contribution in [0, 0.1) is 5.92 Å². The molecule has 0 saturated heterocycles. The Bertz CT molecular complexity index is 532. The molecule has 1 aliphatic rings. The number of sulfonamides is 1. The van der Waals surface area contributed by atoms with Crippen molar-refractivity contribution >= 4 is 20.0 Å². The molecule has 1 rings (SSSR count). The Kier molecular flexibility index (Phi) is 5.39. The number of halogens is 3. The van der Waals surface area contributed by atoms with Crippen molar-refractivity contribution in [3.63, 3.8) is 0 Å². The highest BCUT2D eigenvalue weighted by molar-refractivity contribution is 8.01. The highest BCUT2D eigenvalue weighted by Gasteiger charge is 2.34. The van der Waals surface area contributed by atoms with Gasteiger partial charge in [-0.1, -0.05) is 14.2 Å². The second-order valence-electron chi connectivity index (χ2n) is 4.20. The van der Waals surface area contributed by atoms with Crippen molar-refractivity contribution in [2.75, 3.05) is 0 Å². The minimum Gasteiger partial charge on any atom is -0.211 e. The first-order valence-corrected chi connectivity index (χ1v) is 8.47. The van der Waals surface area contributed by atoms with Gasteiger partial charge in [0.25, 0.3) is 20.0 Å². The fourth-order valence-corrected chi connectivity index (χ4v) is 4.82. The molecule has 0 bridgehead atoms. The van der Waals surface area contributed by atoms with E-state index in [1.807, 2.05) is 0 Å². The molecular formula is C9H14F3NO4S2. The molecule has 1 atom stereocenters. The van der Waals surface area contributed by atoms with Crippen LogP contribution in [0.1, 0.15) is 25.7 Å². The lowest BCUT2D eigenvalue weighted by molar-refractivity contribution is -0.000790. The minimum absolute atomic E-state index is 0.156. The van der Waals surface area contributed by atoms with Crippen LogP contribution in [-0.4, -0.2) is 23.6 Å². The lowest BCUT2D eigenvalue weighted by Gasteiger charge is -2.24. The van der Waals surface area contributed by atoms with E-state index in [2.05, 4.69) is 14.7 Å². The smallest absolute Gasteiger partial charge is 0.211 e. The topological polar surface area (TPSA) is 72.8 Å². The van der Waals surface area contributed by atoms with E-state index in [0.29, 0.717) is 12.8 Å². The Hall–Kier alpha value is -0.610. The molecule has 1 unspecified atom stereocenters. The monoisotopic (exact) mass is 321 g/mol. The summed E-state index contributed by atoms with van der Waals surface area (Å²) < 4.78 is 76.0. The molecule has 112 valence electrons. The van der Waals surface area contributed by atoms with Crippen LogP contribution in [0.5, 0.6) is 0 Å². The Morgan fingerprint density at radius 2 is 1.74 bits per heavy atom. The lowest BCUT2D eigenvalue weighted by atomic mass is 9.89. The molecule has 0 N–H and O–H groups in total. The van der Waals surface area contributed by atoms with Crippen molar-refractivity contribution in [2.45, 2.75) is 36.7 Å². The van der Waals surface area contributed by atoms with Crippen LogP contribution in [0.25, 0.3) is 0 Å². The quantitative estimate of drug-likeness (QED) is 0.730. The van der Waals surface area contributed by atoms with E-state index in [-0.39, 0.29) is 18.8 Å². The summed E-state index contributed by atoms with van der Waals surface area (Å²) in [6, 6.07) is 0. The van der Waals surface area contributed by atoms with Gasteiger partial charge >= 0.3 is 5.76 Å². The van der Waals surface area contributed by atoms with Gasteiger partial charge in [0.15, 0.2) is 0 Å². The van der Waals surface area contributed by atoms with Gasteiger partial charge in [-0.3, -0.25) is 0 Å². The minimum atomic E-state index is -5.15. The molecular weight excluding hydrogens is 307 g/mol. The molecule has 0 aromatic rings. The van der Waals surface area contributed by atoms with E-state index < -0.39 is 31.0 Å². The van der Waals surface area contributed by atoms with Crippen LogP contribution in [0.2, 0.25) is 0 Å². The van der Waals surface area contributed by atoms with Gasteiger partial charge in [-0.15, -0.1) is 6.58 Å². The average molecular weight is 321 g/mol. The van der Waals surface area contributed by atoms with Crippen LogP contribution in [0.3, 0.4) is 0 Å². The van der Waals surface area contributed by atoms with Gasteiger partial charge in [0, 0.05) is 0 Å². The largest absolute Gasteiger partial charge is 0.346 e. The summed E-state index contributed by atoms with van der Waals surface area (Å²) >= 11 is 0. The first-order valence-electron chi connectivity index (χ1n) is 5.47. The summed E-state index contributed by atoms with van der Waals surface area (Å²) in [5, 5.41) is -1.04. The molecule has 0 aromatic carbocycles. The number of alkyl halides is 2. The molecule has 0 amide bonds. The Morgan fingerprint density at radius 3 is 2.11 bits per heavy atom. The number of nitrogens with zero attached hydrogens (tertiary/aromatic N) is 1. The van der Waals surface area contributed by atoms with Crippen LogP contribution >= 0.6 is 0 Å². The molecule has 0 spiro atoms. The molecule has 0 aromatic heterocycles. The van der Waals surface area contributed by atoms with Crippen LogP contribution in [0.15, 0.2) is 16.4 Å². The third kappa shape index (κ3) is 3.93. The zero-order valence-electron chi connectivity index (χ0n) is 9.88. The van der Waals surface area contributed by atoms with Crippen molar-refractivity contribution < 1.29 is 30.3 Å². The maximum absolute atomic E-state index is 12.3. The number of hydrogen-bond acceptors (Lipinski definition) is 4. The predicted octanol–water partition coefficient (Wildman–Crippen LogP) is 2.57. The fourth-order valence-electron chi connectivity index (χ4n) is 1.90. The summed E-state index contributed by atoms with van der Waals surface area (Å²) in [5.74, 6) is -3.68. The van der Waals surface area contributed by atoms with Gasteiger partial charge in [0.2, 0.25) is 0 Å². The van der Waals surface area contributed by atoms with Crippen LogP contribution < -0.4 is 0 Å². The van der Waals surface area contributed by atoms with Crippen molar-refractivity contribution in [3.8, 4) is 0 Å². The van der Waals surface area contributed by atoms with E-state index in [0.717, 1.165) is 0 Å². The summed E-state index contributed by atoms with van der Waals surface area (Å²) in [5.41, 5.74) is 0. The van der Waals surface area contributed by atoms with E-state index in [1.165, 1.54) is 0 Å². The third-order valence-electron chi connectivity index (χ3n) is 3.00. The normalized spacial score (nSPS) is 27.8. The Labute approximate surface area is 110 Å². The van der Waals surface area contributed by atoms with Gasteiger partial charge in [0.05, 0.1) is 5.25 Å². The van der Waals surface area contributed by atoms with Gasteiger partial charge in [-0.2, -0.15) is 8.78 Å². The zero-order valence-corrected chi connectivity index (χ0v) is 11.5. The highest BCUT2D eigenvalue weighted by atomic mass is 32.3. The second-order valence-corrected chi connectivity index (χ2v) is 8.01. The molecule has 19 heavy (non-hydrogen) atoms. The third-order valence-corrected chi connectivity index (χ3v) is 6.60. The molecule has 0 heterocycles. The van der Waals surface area contributed by atoms with Crippen molar-refractivity contribution in [1.82, 2.24) is 0 Å². The van der Waals surface area contributed by atoms with Gasteiger partial charge in [-0.05, 0) is 36.1 Å². The summed E-state index contributed by atoms with van der Waals surface area (Å²) in [7, 11) is -9.61. The molecule has 1 saturated carbocycles. The van der Waals surface area contributed by atoms with Crippen LogP contribution in [-0.2, 0) is 24.4 Å². The first-order chi connectivity index (χ1) is 8.75. The summed E-state index contributed by atoms with van der Waals surface area (Å²) in [6.45, 7) is 3.58. The molecule has 0 radical (unpaired) electrons. The van der Waals surface area contributed by atoms with Gasteiger partial charge in [0.1, 0.15) is 0 Å². The maximum atomic E-state index is 12.3. The van der Waals surface area contributed by atoms with E-state index in [9.17, 15) is 25.9 Å². The SMILES string of the molecule is C=CC1CCC(S(=O)(=O)N=S(=O)(OF)C(F)F)CC1. The van der Waals surface area contributed by atoms with Gasteiger partial charge < -0.3 is 0 Å². The number of allylic oxidation sites excluding steroid dienone is 1. The zero-order chi connectivity index (χ0) is 14.7. The maximum Gasteiger partial charge on any atom is 0.346 e. The van der Waals surface area contributed by atoms with Gasteiger partial charge in [-0.25, -0.2) is 12.6 Å². The predicted molar refractivity (Wildman–Crippen MR) is 63.6 cm³/mol. The first kappa shape index (κ1) is 16.4. The van der Waals surface area contributed by atoms with E-state index in [4.69, 9.17) is 0 Å². The standard InChI is InChI=1S/C9H14F3NO4S2/c1-2-7-3-5-8(6-4-7)18(14,15)13-19(16,17-12)9(10)11/h2,7-9H,1,3-6H2. The van der Waals surface area contributed by atoms with E-state index in [1.54, 1.807) is 6.08 Å². The van der Waals surface area contributed by atoms with Crippen molar-refractivity contribution in [2.24, 2.45) is 9.69 Å². The Morgan fingerprint density at radius 1 is 1.21 bits per heavy atom. The Balaban J connectivity index is 2.97. The molecule has 0 aliphatic heterocycles. The lowest BCUT2D eigenvalue weighted by Crippen LogP contribution is -2.27. The molecule has 1 aliphatic carbocycles. The van der Waals surface area contributed by atoms with Crippen molar-refractivity contribution in [3.05, 3.63) is 12.7 Å². The highest BCUT2D eigenvalue weighted by Crippen LogP contribution is 2.30. The molecule has 1 fully saturated rings. The molecule has 5 nitrogen and oxygen atoms in total. The van der Waals surface area contributed by atoms with E-state index >= 15 is 0 Å². The fraction of sp³-hybridized carbons (Fsp3) is 0.778. The number of hydrogen-bond donors (Lipinski definition) is 0. The molecule has 10 heteroatoms. The van der Waals surface area contributed by atoms with Crippen LogP contribution in [0.4, 0.5) is 13.3 Å². The average Bonchev–Trinajstić information content (AvgIpc) is 2.38. The van der Waals surface area contributed by atoms with Crippen molar-refractivity contribution in [1.29, 1.82) is 0 Å². The second kappa shape index (κ2) is 6.23.